The van der Waals surface area contributed by atoms with E-state index in [2.05, 4.69) is 27.1 Å². The van der Waals surface area contributed by atoms with Crippen molar-refractivity contribution in [3.05, 3.63) is 27.7 Å². The SMILES string of the molecule is CCCc1ncc(C(=O)N2CCO[C@H](c3n[nH]c(C)n3)C2)s1. The average Bonchev–Trinajstić information content (AvgIpc) is 3.16. The van der Waals surface area contributed by atoms with Gasteiger partial charge in [0.2, 0.25) is 0 Å². The van der Waals surface area contributed by atoms with Crippen molar-refractivity contribution in [2.75, 3.05) is 19.7 Å². The number of H-pyrrole nitrogens is 1. The van der Waals surface area contributed by atoms with Crippen LogP contribution >= 0.6 is 11.3 Å². The molecule has 3 rings (SSSR count). The van der Waals surface area contributed by atoms with Gasteiger partial charge in [0, 0.05) is 6.54 Å². The fourth-order valence-electron chi connectivity index (χ4n) is 2.39. The normalized spacial score (nSPS) is 18.6. The largest absolute Gasteiger partial charge is 0.366 e. The Kier molecular flexibility index (Phi) is 4.49. The van der Waals surface area contributed by atoms with Crippen molar-refractivity contribution in [2.24, 2.45) is 0 Å². The number of morpholine rings is 1. The number of rotatable bonds is 4. The number of thiazole rings is 1. The molecule has 1 N–H and O–H groups in total. The molecule has 0 aliphatic carbocycles. The van der Waals surface area contributed by atoms with Crippen LogP contribution in [-0.2, 0) is 11.2 Å². The Labute approximate surface area is 132 Å². The fourth-order valence-corrected chi connectivity index (χ4v) is 3.38. The van der Waals surface area contributed by atoms with E-state index in [1.54, 1.807) is 11.1 Å². The summed E-state index contributed by atoms with van der Waals surface area (Å²) in [5, 5.41) is 7.95. The minimum absolute atomic E-state index is 0.0143. The van der Waals surface area contributed by atoms with Gasteiger partial charge in [0.1, 0.15) is 16.8 Å². The van der Waals surface area contributed by atoms with Gasteiger partial charge in [-0.1, -0.05) is 6.92 Å². The smallest absolute Gasteiger partial charge is 0.265 e. The number of nitrogens with one attached hydrogen (secondary N) is 1. The Morgan fingerprint density at radius 2 is 2.45 bits per heavy atom. The van der Waals surface area contributed by atoms with Crippen LogP contribution in [-0.4, -0.2) is 50.7 Å². The molecule has 0 radical (unpaired) electrons. The Balaban J connectivity index is 1.69. The number of hydrogen-bond donors (Lipinski definition) is 1. The number of carbonyl (C=O) groups is 1. The van der Waals surface area contributed by atoms with Gasteiger partial charge in [-0.15, -0.1) is 11.3 Å². The van der Waals surface area contributed by atoms with Crippen LogP contribution in [0.3, 0.4) is 0 Å². The molecule has 0 bridgehead atoms. The number of nitrogens with zero attached hydrogens (tertiary/aromatic N) is 4. The van der Waals surface area contributed by atoms with Crippen LogP contribution < -0.4 is 0 Å². The molecule has 0 aromatic carbocycles. The second-order valence-corrected chi connectivity index (χ2v) is 6.37. The van der Waals surface area contributed by atoms with Gasteiger partial charge in [0.15, 0.2) is 5.82 Å². The first kappa shape index (κ1) is 15.1. The summed E-state index contributed by atoms with van der Waals surface area (Å²) in [4.78, 5) is 23.7. The van der Waals surface area contributed by atoms with E-state index in [4.69, 9.17) is 4.74 Å². The van der Waals surface area contributed by atoms with Gasteiger partial charge >= 0.3 is 0 Å². The molecule has 0 spiro atoms. The van der Waals surface area contributed by atoms with Gasteiger partial charge in [0.25, 0.3) is 5.91 Å². The molecule has 1 atom stereocenters. The molecule has 118 valence electrons. The molecule has 22 heavy (non-hydrogen) atoms. The summed E-state index contributed by atoms with van der Waals surface area (Å²) >= 11 is 1.48. The molecule has 1 fully saturated rings. The van der Waals surface area contributed by atoms with Gasteiger partial charge in [-0.05, 0) is 19.8 Å². The maximum absolute atomic E-state index is 12.6. The third-order valence-electron chi connectivity index (χ3n) is 3.48. The van der Waals surface area contributed by atoms with Crippen molar-refractivity contribution in [1.82, 2.24) is 25.1 Å². The monoisotopic (exact) mass is 321 g/mol. The van der Waals surface area contributed by atoms with Gasteiger partial charge in [-0.2, -0.15) is 5.10 Å². The highest BCUT2D eigenvalue weighted by Crippen LogP contribution is 2.23. The zero-order valence-corrected chi connectivity index (χ0v) is 13.5. The molecule has 0 saturated carbocycles. The standard InChI is InChI=1S/C14H19N5O2S/c1-3-4-12-15-7-11(22-12)14(20)19-5-6-21-10(8-19)13-16-9(2)17-18-13/h7,10H,3-6,8H2,1-2H3,(H,16,17,18)/t10-/m0/s1. The lowest BCUT2D eigenvalue weighted by Gasteiger charge is -2.31. The van der Waals surface area contributed by atoms with Crippen LogP contribution in [0.15, 0.2) is 6.20 Å². The minimum atomic E-state index is -0.273. The van der Waals surface area contributed by atoms with Crippen LogP contribution in [0.5, 0.6) is 0 Å². The molecular weight excluding hydrogens is 302 g/mol. The van der Waals surface area contributed by atoms with Crippen molar-refractivity contribution in [1.29, 1.82) is 0 Å². The van der Waals surface area contributed by atoms with E-state index in [1.165, 1.54) is 11.3 Å². The third-order valence-corrected chi connectivity index (χ3v) is 4.53. The average molecular weight is 321 g/mol. The lowest BCUT2D eigenvalue weighted by atomic mass is 10.2. The molecule has 2 aromatic heterocycles. The van der Waals surface area contributed by atoms with Gasteiger partial charge in [-0.25, -0.2) is 9.97 Å². The minimum Gasteiger partial charge on any atom is -0.366 e. The van der Waals surface area contributed by atoms with Crippen molar-refractivity contribution in [2.45, 2.75) is 32.8 Å². The summed E-state index contributed by atoms with van der Waals surface area (Å²) in [6, 6.07) is 0. The quantitative estimate of drug-likeness (QED) is 0.927. The van der Waals surface area contributed by atoms with Crippen LogP contribution in [0.1, 0.15) is 45.8 Å². The number of hydrogen-bond acceptors (Lipinski definition) is 6. The van der Waals surface area contributed by atoms with E-state index in [0.29, 0.717) is 30.4 Å². The van der Waals surface area contributed by atoms with Crippen LogP contribution in [0.4, 0.5) is 0 Å². The first-order valence-corrected chi connectivity index (χ1v) is 8.23. The van der Waals surface area contributed by atoms with E-state index in [0.717, 1.165) is 23.7 Å². The molecule has 3 heterocycles. The van der Waals surface area contributed by atoms with Gasteiger partial charge < -0.3 is 9.64 Å². The summed E-state index contributed by atoms with van der Waals surface area (Å²) in [5.74, 6) is 1.36. The predicted octanol–water partition coefficient (Wildman–Crippen LogP) is 1.74. The van der Waals surface area contributed by atoms with Crippen LogP contribution in [0.25, 0.3) is 0 Å². The Bertz CT molecular complexity index is 653. The van der Waals surface area contributed by atoms with Crippen molar-refractivity contribution in [3.63, 3.8) is 0 Å². The highest BCUT2D eigenvalue weighted by molar-refractivity contribution is 7.13. The Hall–Kier alpha value is -1.80. The van der Waals surface area contributed by atoms with E-state index < -0.39 is 0 Å². The first-order chi connectivity index (χ1) is 10.7. The van der Waals surface area contributed by atoms with E-state index in [-0.39, 0.29) is 12.0 Å². The summed E-state index contributed by atoms with van der Waals surface area (Å²) in [6.07, 6.45) is 3.36. The molecule has 1 aliphatic heterocycles. The number of aryl methyl sites for hydroxylation is 2. The number of aromatic nitrogens is 4. The number of aromatic amines is 1. The summed E-state index contributed by atoms with van der Waals surface area (Å²) < 4.78 is 5.69. The predicted molar refractivity (Wildman–Crippen MR) is 81.8 cm³/mol. The lowest BCUT2D eigenvalue weighted by Crippen LogP contribution is -2.42. The van der Waals surface area contributed by atoms with Crippen molar-refractivity contribution in [3.8, 4) is 0 Å². The molecule has 7 nitrogen and oxygen atoms in total. The third kappa shape index (κ3) is 3.17. The topological polar surface area (TPSA) is 84.0 Å². The first-order valence-electron chi connectivity index (χ1n) is 7.42. The van der Waals surface area contributed by atoms with Crippen LogP contribution in [0, 0.1) is 6.92 Å². The molecule has 0 unspecified atom stereocenters. The van der Waals surface area contributed by atoms with E-state index in [9.17, 15) is 4.79 Å². The molecule has 1 aliphatic rings. The van der Waals surface area contributed by atoms with Crippen LogP contribution in [0.2, 0.25) is 0 Å². The zero-order valence-electron chi connectivity index (χ0n) is 12.7. The summed E-state index contributed by atoms with van der Waals surface area (Å²) in [5.41, 5.74) is 0. The molecule has 8 heteroatoms. The highest BCUT2D eigenvalue weighted by Gasteiger charge is 2.29. The fraction of sp³-hybridized carbons (Fsp3) is 0.571. The van der Waals surface area contributed by atoms with Crippen molar-refractivity contribution >= 4 is 17.2 Å². The highest BCUT2D eigenvalue weighted by atomic mass is 32.1. The van der Waals surface area contributed by atoms with E-state index >= 15 is 0 Å². The molecular formula is C14H19N5O2S. The number of carbonyl (C=O) groups excluding carboxylic acids is 1. The molecule has 1 amide bonds. The molecule has 2 aromatic rings. The van der Waals surface area contributed by atoms with Gasteiger partial charge in [0.05, 0.1) is 24.4 Å². The Morgan fingerprint density at radius 3 is 3.18 bits per heavy atom. The summed E-state index contributed by atoms with van der Waals surface area (Å²) in [7, 11) is 0. The maximum Gasteiger partial charge on any atom is 0.265 e. The molecule has 1 saturated heterocycles. The van der Waals surface area contributed by atoms with Crippen molar-refractivity contribution < 1.29 is 9.53 Å². The number of ether oxygens (including phenoxy) is 1. The maximum atomic E-state index is 12.6. The zero-order chi connectivity index (χ0) is 15.5. The second-order valence-electron chi connectivity index (χ2n) is 5.26. The summed E-state index contributed by atoms with van der Waals surface area (Å²) in [6.45, 7) is 5.49. The number of amides is 1. The lowest BCUT2D eigenvalue weighted by molar-refractivity contribution is -0.0265. The van der Waals surface area contributed by atoms with Gasteiger partial charge in [-0.3, -0.25) is 9.89 Å². The second kappa shape index (κ2) is 6.53. The van der Waals surface area contributed by atoms with E-state index in [1.807, 2.05) is 6.92 Å². The Morgan fingerprint density at radius 1 is 1.59 bits per heavy atom.